The minimum Gasteiger partial charge on any atom is -0.439 e. The minimum absolute atomic E-state index is 0.220. The Labute approximate surface area is 151 Å². The van der Waals surface area contributed by atoms with Crippen molar-refractivity contribution in [3.05, 3.63) is 34.3 Å². The number of hydrogen-bond donors (Lipinski definition) is 1. The summed E-state index contributed by atoms with van der Waals surface area (Å²) in [5, 5.41) is 2.42. The van der Waals surface area contributed by atoms with E-state index in [9.17, 15) is 9.59 Å². The molecule has 7 heteroatoms. The highest BCUT2D eigenvalue weighted by atomic mass is 79.9. The second kappa shape index (κ2) is 9.64. The van der Waals surface area contributed by atoms with Crippen LogP contribution in [0, 0.1) is 0 Å². The van der Waals surface area contributed by atoms with Crippen molar-refractivity contribution < 1.29 is 14.3 Å². The Morgan fingerprint density at radius 1 is 1.25 bits per heavy atom. The van der Waals surface area contributed by atoms with E-state index in [0.29, 0.717) is 13.1 Å². The molecule has 1 aromatic carbocycles. The van der Waals surface area contributed by atoms with Gasteiger partial charge in [-0.1, -0.05) is 28.1 Å². The molecule has 0 saturated carbocycles. The Bertz CT molecular complexity index is 560. The second-order valence-corrected chi connectivity index (χ2v) is 6.71. The molecule has 0 radical (unpaired) electrons. The number of nitrogens with zero attached hydrogens (tertiary/aromatic N) is 2. The maximum Gasteiger partial charge on any atom is 0.410 e. The van der Waals surface area contributed by atoms with Crippen LogP contribution in [0.15, 0.2) is 28.7 Å². The number of ether oxygens (including phenoxy) is 1. The first kappa shape index (κ1) is 18.7. The zero-order chi connectivity index (χ0) is 17.4. The number of hydrogen-bond acceptors (Lipinski definition) is 4. The van der Waals surface area contributed by atoms with Crippen molar-refractivity contribution in [1.82, 2.24) is 15.1 Å². The van der Waals surface area contributed by atoms with E-state index in [1.165, 1.54) is 12.6 Å². The lowest BCUT2D eigenvalue weighted by Gasteiger charge is -2.34. The lowest BCUT2D eigenvalue weighted by molar-refractivity contribution is -0.123. The molecular formula is C17H24BrN3O3. The predicted octanol–water partition coefficient (Wildman–Crippen LogP) is 1.88. The van der Waals surface area contributed by atoms with Crippen molar-refractivity contribution in [3.8, 4) is 0 Å². The average molecular weight is 398 g/mol. The van der Waals surface area contributed by atoms with Gasteiger partial charge in [-0.2, -0.15) is 0 Å². The second-order valence-electron chi connectivity index (χ2n) is 5.79. The van der Waals surface area contributed by atoms with Gasteiger partial charge in [0.15, 0.2) is 6.61 Å². The van der Waals surface area contributed by atoms with Crippen LogP contribution in [-0.2, 0) is 16.0 Å². The molecule has 1 heterocycles. The maximum atomic E-state index is 11.9. The highest BCUT2D eigenvalue weighted by molar-refractivity contribution is 9.10. The third-order valence-corrected chi connectivity index (χ3v) is 4.56. The lowest BCUT2D eigenvalue weighted by Crippen LogP contribution is -2.49. The standard InChI is InChI=1S/C17H24BrN3O3/c1-19-16(22)13-24-17(23)21-10-8-20(9-11-21)7-3-5-14-4-2-6-15(18)12-14/h2,4,6,12H,3,5,7-11,13H2,1H3,(H,19,22). The molecule has 0 spiro atoms. The SMILES string of the molecule is CNC(=O)COC(=O)N1CCN(CCCc2cccc(Br)c2)CC1. The third-order valence-electron chi connectivity index (χ3n) is 4.06. The molecule has 2 amide bonds. The smallest absolute Gasteiger partial charge is 0.410 e. The summed E-state index contributed by atoms with van der Waals surface area (Å²) in [5.41, 5.74) is 1.33. The molecule has 0 bridgehead atoms. The van der Waals surface area contributed by atoms with Crippen molar-refractivity contribution in [2.75, 3.05) is 46.4 Å². The fourth-order valence-electron chi connectivity index (χ4n) is 2.64. The van der Waals surface area contributed by atoms with Crippen LogP contribution in [0.2, 0.25) is 0 Å². The van der Waals surface area contributed by atoms with E-state index < -0.39 is 6.09 Å². The van der Waals surface area contributed by atoms with Gasteiger partial charge in [0.2, 0.25) is 0 Å². The first-order valence-corrected chi connectivity index (χ1v) is 8.97. The summed E-state index contributed by atoms with van der Waals surface area (Å²) in [7, 11) is 1.52. The van der Waals surface area contributed by atoms with E-state index in [-0.39, 0.29) is 12.5 Å². The number of piperazine rings is 1. The van der Waals surface area contributed by atoms with Crippen LogP contribution in [0.3, 0.4) is 0 Å². The zero-order valence-corrected chi connectivity index (χ0v) is 15.5. The number of nitrogens with one attached hydrogen (secondary N) is 1. The van der Waals surface area contributed by atoms with Crippen molar-refractivity contribution in [2.45, 2.75) is 12.8 Å². The molecule has 1 aromatic rings. The van der Waals surface area contributed by atoms with Gasteiger partial charge in [0.25, 0.3) is 5.91 Å². The number of halogens is 1. The van der Waals surface area contributed by atoms with E-state index in [1.807, 2.05) is 6.07 Å². The van der Waals surface area contributed by atoms with Gasteiger partial charge in [-0.05, 0) is 37.1 Å². The minimum atomic E-state index is -0.410. The van der Waals surface area contributed by atoms with Crippen LogP contribution in [0.5, 0.6) is 0 Å². The van der Waals surface area contributed by atoms with Gasteiger partial charge in [0.05, 0.1) is 0 Å². The first-order chi connectivity index (χ1) is 11.6. The van der Waals surface area contributed by atoms with Gasteiger partial charge in [-0.15, -0.1) is 0 Å². The largest absolute Gasteiger partial charge is 0.439 e. The molecule has 1 saturated heterocycles. The van der Waals surface area contributed by atoms with Crippen LogP contribution in [0.1, 0.15) is 12.0 Å². The van der Waals surface area contributed by atoms with E-state index in [0.717, 1.165) is 36.9 Å². The van der Waals surface area contributed by atoms with E-state index in [4.69, 9.17) is 4.74 Å². The van der Waals surface area contributed by atoms with Gasteiger partial charge in [0.1, 0.15) is 0 Å². The molecule has 2 rings (SSSR count). The Balaban J connectivity index is 1.63. The van der Waals surface area contributed by atoms with Crippen molar-refractivity contribution in [2.24, 2.45) is 0 Å². The highest BCUT2D eigenvalue weighted by Crippen LogP contribution is 2.13. The fourth-order valence-corrected chi connectivity index (χ4v) is 3.09. The summed E-state index contributed by atoms with van der Waals surface area (Å²) in [6, 6.07) is 8.39. The number of carbonyl (C=O) groups excluding carboxylic acids is 2. The van der Waals surface area contributed by atoms with Gasteiger partial charge in [-0.3, -0.25) is 9.69 Å². The Kier molecular flexibility index (Phi) is 7.52. The van der Waals surface area contributed by atoms with E-state index >= 15 is 0 Å². The summed E-state index contributed by atoms with van der Waals surface area (Å²) >= 11 is 3.49. The summed E-state index contributed by atoms with van der Waals surface area (Å²) in [5.74, 6) is -0.297. The van der Waals surface area contributed by atoms with Gasteiger partial charge in [-0.25, -0.2) is 4.79 Å². The number of aryl methyl sites for hydroxylation is 1. The molecular weight excluding hydrogens is 374 g/mol. The Morgan fingerprint density at radius 3 is 2.67 bits per heavy atom. The van der Waals surface area contributed by atoms with Crippen LogP contribution < -0.4 is 5.32 Å². The van der Waals surface area contributed by atoms with Gasteiger partial charge in [0, 0.05) is 37.7 Å². The number of benzene rings is 1. The molecule has 0 atom stereocenters. The van der Waals surface area contributed by atoms with E-state index in [2.05, 4.69) is 44.3 Å². The van der Waals surface area contributed by atoms with Crippen molar-refractivity contribution >= 4 is 27.9 Å². The first-order valence-electron chi connectivity index (χ1n) is 8.17. The molecule has 1 aliphatic rings. The molecule has 1 fully saturated rings. The summed E-state index contributed by atoms with van der Waals surface area (Å²) in [6.07, 6.45) is 1.73. The van der Waals surface area contributed by atoms with Crippen molar-refractivity contribution in [3.63, 3.8) is 0 Å². The fraction of sp³-hybridized carbons (Fsp3) is 0.529. The summed E-state index contributed by atoms with van der Waals surface area (Å²) < 4.78 is 6.09. The normalized spacial score (nSPS) is 15.2. The number of rotatable bonds is 6. The number of amides is 2. The summed E-state index contributed by atoms with van der Waals surface area (Å²) in [4.78, 5) is 27.0. The Morgan fingerprint density at radius 2 is 2.00 bits per heavy atom. The van der Waals surface area contributed by atoms with Crippen LogP contribution in [0.25, 0.3) is 0 Å². The Hall–Kier alpha value is -1.60. The topological polar surface area (TPSA) is 61.9 Å². The monoisotopic (exact) mass is 397 g/mol. The zero-order valence-electron chi connectivity index (χ0n) is 14.0. The quantitative estimate of drug-likeness (QED) is 0.795. The molecule has 0 aromatic heterocycles. The average Bonchev–Trinajstić information content (AvgIpc) is 2.60. The van der Waals surface area contributed by atoms with E-state index in [1.54, 1.807) is 4.90 Å². The molecule has 0 aliphatic carbocycles. The van der Waals surface area contributed by atoms with Crippen LogP contribution in [0.4, 0.5) is 4.79 Å². The summed E-state index contributed by atoms with van der Waals surface area (Å²) in [6.45, 7) is 3.77. The molecule has 0 unspecified atom stereocenters. The molecule has 1 aliphatic heterocycles. The third kappa shape index (κ3) is 6.13. The molecule has 132 valence electrons. The van der Waals surface area contributed by atoms with Gasteiger partial charge < -0.3 is 15.0 Å². The van der Waals surface area contributed by atoms with Crippen molar-refractivity contribution in [1.29, 1.82) is 0 Å². The van der Waals surface area contributed by atoms with Crippen LogP contribution >= 0.6 is 15.9 Å². The molecule has 6 nitrogen and oxygen atoms in total. The highest BCUT2D eigenvalue weighted by Gasteiger charge is 2.22. The molecule has 24 heavy (non-hydrogen) atoms. The number of carbonyl (C=O) groups is 2. The van der Waals surface area contributed by atoms with Gasteiger partial charge >= 0.3 is 6.09 Å². The molecule has 1 N–H and O–H groups in total. The maximum absolute atomic E-state index is 11.9. The predicted molar refractivity (Wildman–Crippen MR) is 95.9 cm³/mol. The number of likely N-dealkylation sites (N-methyl/N-ethyl adjacent to an activating group) is 1. The van der Waals surface area contributed by atoms with Crippen LogP contribution in [-0.4, -0.2) is 68.2 Å². The lowest BCUT2D eigenvalue weighted by atomic mass is 10.1.